The van der Waals surface area contributed by atoms with Crippen LogP contribution in [0.2, 0.25) is 0 Å². The number of fused-ring (bicyclic) bond motifs is 1. The maximum atomic E-state index is 13.0. The van der Waals surface area contributed by atoms with Gasteiger partial charge in [-0.3, -0.25) is 0 Å². The molecule has 1 N–H and O–H groups in total. The molecular weight excluding hydrogens is 273 g/mol. The highest BCUT2D eigenvalue weighted by Gasteiger charge is 2.03. The maximum Gasteiger partial charge on any atom is 0.214 e. The first-order chi connectivity index (χ1) is 9.74. The van der Waals surface area contributed by atoms with Crippen LogP contribution in [0.3, 0.4) is 0 Å². The number of anilines is 1. The summed E-state index contributed by atoms with van der Waals surface area (Å²) in [5.74, 6) is 5.50. The SMILES string of the molecule is CNc1ccc(C#Cc2nc3nc(F)ccc3s2)cc1. The van der Waals surface area contributed by atoms with Gasteiger partial charge in [-0.25, -0.2) is 4.98 Å². The Kier molecular flexibility index (Phi) is 3.32. The Labute approximate surface area is 119 Å². The fourth-order valence-corrected chi connectivity index (χ4v) is 2.46. The number of hydrogen-bond acceptors (Lipinski definition) is 4. The molecule has 3 rings (SSSR count). The molecule has 0 aliphatic rings. The third-order valence-corrected chi connectivity index (χ3v) is 3.63. The Morgan fingerprint density at radius 3 is 2.60 bits per heavy atom. The third-order valence-electron chi connectivity index (χ3n) is 2.71. The van der Waals surface area contributed by atoms with Crippen LogP contribution in [0, 0.1) is 17.8 Å². The molecule has 0 unspecified atom stereocenters. The second-order valence-corrected chi connectivity index (χ2v) is 5.08. The van der Waals surface area contributed by atoms with E-state index in [4.69, 9.17) is 0 Å². The van der Waals surface area contributed by atoms with Gasteiger partial charge in [-0.1, -0.05) is 5.92 Å². The van der Waals surface area contributed by atoms with Gasteiger partial charge in [0.1, 0.15) is 0 Å². The number of rotatable bonds is 1. The Hall–Kier alpha value is -2.45. The molecule has 0 saturated heterocycles. The molecule has 3 nitrogen and oxygen atoms in total. The van der Waals surface area contributed by atoms with E-state index in [1.165, 1.54) is 17.4 Å². The normalized spacial score (nSPS) is 10.1. The molecule has 98 valence electrons. The van der Waals surface area contributed by atoms with Crippen molar-refractivity contribution in [2.75, 3.05) is 12.4 Å². The number of pyridine rings is 1. The lowest BCUT2D eigenvalue weighted by Crippen LogP contribution is -1.86. The molecule has 0 aliphatic carbocycles. The number of thiazole rings is 1. The van der Waals surface area contributed by atoms with E-state index in [2.05, 4.69) is 27.1 Å². The van der Waals surface area contributed by atoms with Gasteiger partial charge in [-0.05, 0) is 42.3 Å². The number of nitrogens with one attached hydrogen (secondary N) is 1. The fraction of sp³-hybridized carbons (Fsp3) is 0.0667. The van der Waals surface area contributed by atoms with Gasteiger partial charge in [0, 0.05) is 18.3 Å². The van der Waals surface area contributed by atoms with Crippen LogP contribution in [0.4, 0.5) is 10.1 Å². The number of hydrogen-bond donors (Lipinski definition) is 1. The first kappa shape index (κ1) is 12.6. The Bertz CT molecular complexity index is 812. The zero-order chi connectivity index (χ0) is 13.9. The lowest BCUT2D eigenvalue weighted by atomic mass is 10.2. The largest absolute Gasteiger partial charge is 0.388 e. The predicted octanol–water partition coefficient (Wildman–Crippen LogP) is 3.27. The van der Waals surface area contributed by atoms with Crippen LogP contribution >= 0.6 is 11.3 Å². The second-order valence-electron chi connectivity index (χ2n) is 4.05. The Morgan fingerprint density at radius 2 is 1.85 bits per heavy atom. The standard InChI is InChI=1S/C15H10FN3S/c1-17-11-5-2-10(3-6-11)4-9-14-19-15-12(20-14)7-8-13(16)18-15/h2-3,5-8,17H,1H3. The van der Waals surface area contributed by atoms with Gasteiger partial charge in [-0.2, -0.15) is 9.37 Å². The van der Waals surface area contributed by atoms with E-state index < -0.39 is 5.95 Å². The van der Waals surface area contributed by atoms with Crippen molar-refractivity contribution in [2.24, 2.45) is 0 Å². The summed E-state index contributed by atoms with van der Waals surface area (Å²) in [5, 5.41) is 3.68. The smallest absolute Gasteiger partial charge is 0.214 e. The van der Waals surface area contributed by atoms with Crippen molar-refractivity contribution >= 4 is 27.4 Å². The van der Waals surface area contributed by atoms with E-state index in [0.29, 0.717) is 10.7 Å². The molecule has 0 aliphatic heterocycles. The van der Waals surface area contributed by atoms with Crippen LogP contribution in [0.25, 0.3) is 10.3 Å². The molecule has 0 amide bonds. The first-order valence-corrected chi connectivity index (χ1v) is 6.79. The monoisotopic (exact) mass is 283 g/mol. The minimum atomic E-state index is -0.523. The molecule has 2 aromatic heterocycles. The van der Waals surface area contributed by atoms with Crippen molar-refractivity contribution < 1.29 is 4.39 Å². The van der Waals surface area contributed by atoms with E-state index >= 15 is 0 Å². The number of benzene rings is 1. The number of aromatic nitrogens is 2. The first-order valence-electron chi connectivity index (χ1n) is 5.97. The summed E-state index contributed by atoms with van der Waals surface area (Å²) in [6, 6.07) is 10.8. The zero-order valence-electron chi connectivity index (χ0n) is 10.6. The summed E-state index contributed by atoms with van der Waals surface area (Å²) in [6.45, 7) is 0. The summed E-state index contributed by atoms with van der Waals surface area (Å²) < 4.78 is 13.8. The predicted molar refractivity (Wildman–Crippen MR) is 79.3 cm³/mol. The average molecular weight is 283 g/mol. The lowest BCUT2D eigenvalue weighted by Gasteiger charge is -1.97. The summed E-state index contributed by atoms with van der Waals surface area (Å²) in [7, 11) is 1.87. The lowest BCUT2D eigenvalue weighted by molar-refractivity contribution is 0.588. The molecule has 0 fully saturated rings. The molecule has 0 radical (unpaired) electrons. The maximum absolute atomic E-state index is 13.0. The minimum Gasteiger partial charge on any atom is -0.388 e. The van der Waals surface area contributed by atoms with Crippen molar-refractivity contribution in [2.45, 2.75) is 0 Å². The Morgan fingerprint density at radius 1 is 1.05 bits per heavy atom. The summed E-state index contributed by atoms with van der Waals surface area (Å²) >= 11 is 1.41. The van der Waals surface area contributed by atoms with E-state index in [0.717, 1.165) is 16.0 Å². The highest BCUT2D eigenvalue weighted by atomic mass is 32.1. The van der Waals surface area contributed by atoms with Crippen LogP contribution in [0.5, 0.6) is 0 Å². The van der Waals surface area contributed by atoms with E-state index in [9.17, 15) is 4.39 Å². The van der Waals surface area contributed by atoms with Crippen molar-refractivity contribution in [3.05, 3.63) is 52.9 Å². The van der Waals surface area contributed by atoms with Crippen molar-refractivity contribution in [3.63, 3.8) is 0 Å². The molecule has 1 aromatic carbocycles. The molecule has 0 bridgehead atoms. The van der Waals surface area contributed by atoms with Crippen LogP contribution in [0.1, 0.15) is 10.6 Å². The average Bonchev–Trinajstić information content (AvgIpc) is 2.87. The molecule has 20 heavy (non-hydrogen) atoms. The van der Waals surface area contributed by atoms with E-state index in [1.807, 2.05) is 31.3 Å². The van der Waals surface area contributed by atoms with Gasteiger partial charge in [0.25, 0.3) is 0 Å². The minimum absolute atomic E-state index is 0.407. The second kappa shape index (κ2) is 5.27. The van der Waals surface area contributed by atoms with E-state index in [-0.39, 0.29) is 0 Å². The number of nitrogens with zero attached hydrogens (tertiary/aromatic N) is 2. The zero-order valence-corrected chi connectivity index (χ0v) is 11.5. The van der Waals surface area contributed by atoms with Gasteiger partial charge in [0.05, 0.1) is 4.70 Å². The molecule has 2 heterocycles. The van der Waals surface area contributed by atoms with Crippen molar-refractivity contribution in [1.29, 1.82) is 0 Å². The van der Waals surface area contributed by atoms with Gasteiger partial charge in [-0.15, -0.1) is 11.3 Å². The number of halogens is 1. The molecule has 0 saturated carbocycles. The molecule has 3 aromatic rings. The van der Waals surface area contributed by atoms with E-state index in [1.54, 1.807) is 6.07 Å². The van der Waals surface area contributed by atoms with Gasteiger partial charge in [0.15, 0.2) is 10.7 Å². The molecular formula is C15H10FN3S. The van der Waals surface area contributed by atoms with Crippen LogP contribution in [-0.2, 0) is 0 Å². The quantitative estimate of drug-likeness (QED) is 0.550. The third kappa shape index (κ3) is 2.60. The summed E-state index contributed by atoms with van der Waals surface area (Å²) in [4.78, 5) is 7.93. The summed E-state index contributed by atoms with van der Waals surface area (Å²) in [6.07, 6.45) is 0. The van der Waals surface area contributed by atoms with Crippen molar-refractivity contribution in [1.82, 2.24) is 9.97 Å². The van der Waals surface area contributed by atoms with Gasteiger partial charge in [0.2, 0.25) is 5.95 Å². The molecule has 0 spiro atoms. The van der Waals surface area contributed by atoms with Gasteiger partial charge < -0.3 is 5.32 Å². The topological polar surface area (TPSA) is 37.8 Å². The van der Waals surface area contributed by atoms with Crippen molar-refractivity contribution in [3.8, 4) is 11.8 Å². The highest BCUT2D eigenvalue weighted by molar-refractivity contribution is 7.19. The van der Waals surface area contributed by atoms with Gasteiger partial charge >= 0.3 is 0 Å². The fourth-order valence-electron chi connectivity index (χ4n) is 1.69. The van der Waals surface area contributed by atoms with Crippen LogP contribution in [-0.4, -0.2) is 17.0 Å². The molecule has 0 atom stereocenters. The Balaban J connectivity index is 1.90. The molecule has 5 heteroatoms. The summed E-state index contributed by atoms with van der Waals surface area (Å²) in [5.41, 5.74) is 2.35. The van der Waals surface area contributed by atoms with Crippen LogP contribution < -0.4 is 5.32 Å². The van der Waals surface area contributed by atoms with Crippen LogP contribution in [0.15, 0.2) is 36.4 Å². The highest BCUT2D eigenvalue weighted by Crippen LogP contribution is 2.19.